The van der Waals surface area contributed by atoms with Crippen LogP contribution in [-0.2, 0) is 0 Å². The summed E-state index contributed by atoms with van der Waals surface area (Å²) in [7, 11) is 0. The van der Waals surface area contributed by atoms with E-state index < -0.39 is 0 Å². The Bertz CT molecular complexity index is 120. The van der Waals surface area contributed by atoms with E-state index >= 15 is 0 Å². The molecular weight excluding hydrogens is 112 g/mol. The zero-order valence-electron chi connectivity index (χ0n) is 5.69. The summed E-state index contributed by atoms with van der Waals surface area (Å²) in [5.41, 5.74) is 6.21. The quantitative estimate of drug-likeness (QED) is 0.517. The second kappa shape index (κ2) is 1.70. The molecule has 1 saturated heterocycles. The van der Waals surface area contributed by atoms with Gasteiger partial charge >= 0.3 is 0 Å². The van der Waals surface area contributed by atoms with Gasteiger partial charge in [-0.1, -0.05) is 0 Å². The van der Waals surface area contributed by atoms with Gasteiger partial charge < -0.3 is 11.1 Å². The zero-order chi connectivity index (χ0) is 6.32. The van der Waals surface area contributed by atoms with Gasteiger partial charge in [0.25, 0.3) is 0 Å². The lowest BCUT2D eigenvalue weighted by Crippen LogP contribution is -2.45. The molecule has 0 aromatic heterocycles. The van der Waals surface area contributed by atoms with Gasteiger partial charge in [0, 0.05) is 6.54 Å². The number of nitrogens with one attached hydrogen (secondary N) is 1. The molecule has 0 bridgehead atoms. The minimum atomic E-state index is 0.542. The Morgan fingerprint density at radius 1 is 1.67 bits per heavy atom. The summed E-state index contributed by atoms with van der Waals surface area (Å²) in [5, 5.41) is 3.40. The van der Waals surface area contributed by atoms with Crippen molar-refractivity contribution in [2.24, 2.45) is 17.1 Å². The predicted octanol–water partition coefficient (Wildman–Crippen LogP) is -0.0553. The van der Waals surface area contributed by atoms with E-state index in [1.54, 1.807) is 0 Å². The number of hydrogen-bond acceptors (Lipinski definition) is 2. The van der Waals surface area contributed by atoms with Crippen molar-refractivity contribution in [3.63, 3.8) is 0 Å². The predicted molar refractivity (Wildman–Crippen MR) is 37.1 cm³/mol. The average Bonchev–Trinajstić information content (AvgIpc) is 2.10. The summed E-state index contributed by atoms with van der Waals surface area (Å²) in [5.74, 6) is 0.919. The lowest BCUT2D eigenvalue weighted by molar-refractivity contribution is 0.0968. The van der Waals surface area contributed by atoms with Crippen LogP contribution in [0.2, 0.25) is 0 Å². The van der Waals surface area contributed by atoms with E-state index in [4.69, 9.17) is 5.73 Å². The highest BCUT2D eigenvalue weighted by Crippen LogP contribution is 2.47. The molecule has 3 N–H and O–H groups in total. The van der Waals surface area contributed by atoms with Crippen molar-refractivity contribution >= 4 is 0 Å². The molecular formula is C7H14N2. The van der Waals surface area contributed by atoms with Crippen molar-refractivity contribution in [3.8, 4) is 0 Å². The van der Waals surface area contributed by atoms with Crippen molar-refractivity contribution < 1.29 is 0 Å². The molecule has 2 rings (SSSR count). The van der Waals surface area contributed by atoms with Crippen LogP contribution in [0.1, 0.15) is 12.8 Å². The Morgan fingerprint density at radius 3 is 2.89 bits per heavy atom. The molecule has 0 aromatic rings. The molecule has 52 valence electrons. The molecule has 2 aliphatic rings. The van der Waals surface area contributed by atoms with E-state index in [1.807, 2.05) is 0 Å². The normalized spacial score (nSPS) is 48.3. The molecule has 0 unspecified atom stereocenters. The zero-order valence-corrected chi connectivity index (χ0v) is 5.69. The number of fused-ring (bicyclic) bond motifs is 1. The van der Waals surface area contributed by atoms with E-state index in [0.29, 0.717) is 5.41 Å². The molecule has 2 heteroatoms. The minimum absolute atomic E-state index is 0.542. The van der Waals surface area contributed by atoms with E-state index in [-0.39, 0.29) is 0 Å². The van der Waals surface area contributed by atoms with Crippen molar-refractivity contribution in [2.75, 3.05) is 19.6 Å². The second-order valence-corrected chi connectivity index (χ2v) is 3.43. The highest BCUT2D eigenvalue weighted by molar-refractivity contribution is 5.02. The molecule has 2 nitrogen and oxygen atoms in total. The molecule has 1 saturated carbocycles. The van der Waals surface area contributed by atoms with E-state index in [9.17, 15) is 0 Å². The topological polar surface area (TPSA) is 38.0 Å². The molecule has 0 radical (unpaired) electrons. The first kappa shape index (κ1) is 5.69. The van der Waals surface area contributed by atoms with Crippen molar-refractivity contribution in [1.29, 1.82) is 0 Å². The van der Waals surface area contributed by atoms with Gasteiger partial charge in [-0.15, -0.1) is 0 Å². The van der Waals surface area contributed by atoms with Gasteiger partial charge in [-0.25, -0.2) is 0 Å². The molecule has 0 aromatic carbocycles. The van der Waals surface area contributed by atoms with Crippen LogP contribution in [-0.4, -0.2) is 19.6 Å². The Labute approximate surface area is 55.8 Å². The number of hydrogen-bond donors (Lipinski definition) is 2. The van der Waals surface area contributed by atoms with Crippen LogP contribution in [0.3, 0.4) is 0 Å². The first-order valence-electron chi connectivity index (χ1n) is 3.78. The average molecular weight is 126 g/mol. The third-order valence-corrected chi connectivity index (χ3v) is 3.13. The van der Waals surface area contributed by atoms with E-state index in [1.165, 1.54) is 25.9 Å². The van der Waals surface area contributed by atoms with Crippen molar-refractivity contribution in [2.45, 2.75) is 12.8 Å². The molecule has 2 atom stereocenters. The lowest BCUT2D eigenvalue weighted by atomic mass is 9.62. The van der Waals surface area contributed by atoms with Crippen LogP contribution in [0, 0.1) is 11.3 Å². The van der Waals surface area contributed by atoms with Crippen LogP contribution in [0.15, 0.2) is 0 Å². The lowest BCUT2D eigenvalue weighted by Gasteiger charge is -2.43. The summed E-state index contributed by atoms with van der Waals surface area (Å²) in [6.45, 7) is 3.29. The van der Waals surface area contributed by atoms with Crippen LogP contribution < -0.4 is 11.1 Å². The monoisotopic (exact) mass is 126 g/mol. The highest BCUT2D eigenvalue weighted by atomic mass is 15.0. The smallest absolute Gasteiger partial charge is 0.00232 e. The maximum absolute atomic E-state index is 5.67. The SMILES string of the molecule is NC[C@]12CC[C@H]1CNC2. The van der Waals surface area contributed by atoms with Gasteiger partial charge in [-0.3, -0.25) is 0 Å². The van der Waals surface area contributed by atoms with Crippen LogP contribution in [0.25, 0.3) is 0 Å². The summed E-state index contributed by atoms with van der Waals surface area (Å²) in [6.07, 6.45) is 2.77. The number of nitrogens with two attached hydrogens (primary N) is 1. The fourth-order valence-corrected chi connectivity index (χ4v) is 2.14. The molecule has 0 amide bonds. The standard InChI is InChI=1S/C7H14N2/c8-4-7-2-1-6(7)3-9-5-7/h6,9H,1-5,8H2/t6-,7-/m0/s1. The van der Waals surface area contributed by atoms with Gasteiger partial charge in [0.05, 0.1) is 0 Å². The summed E-state index contributed by atoms with van der Waals surface area (Å²) < 4.78 is 0. The summed E-state index contributed by atoms with van der Waals surface area (Å²) in [6, 6.07) is 0. The molecule has 0 spiro atoms. The molecule has 1 heterocycles. The van der Waals surface area contributed by atoms with Crippen molar-refractivity contribution in [1.82, 2.24) is 5.32 Å². The maximum Gasteiger partial charge on any atom is 0.00232 e. The molecule has 1 aliphatic heterocycles. The largest absolute Gasteiger partial charge is 0.330 e. The fourth-order valence-electron chi connectivity index (χ4n) is 2.14. The first-order chi connectivity index (χ1) is 4.37. The van der Waals surface area contributed by atoms with Gasteiger partial charge in [-0.2, -0.15) is 0 Å². The van der Waals surface area contributed by atoms with E-state index in [0.717, 1.165) is 12.5 Å². The number of rotatable bonds is 1. The maximum atomic E-state index is 5.67. The minimum Gasteiger partial charge on any atom is -0.330 e. The van der Waals surface area contributed by atoms with Gasteiger partial charge in [0.1, 0.15) is 0 Å². The third-order valence-electron chi connectivity index (χ3n) is 3.13. The van der Waals surface area contributed by atoms with Crippen molar-refractivity contribution in [3.05, 3.63) is 0 Å². The van der Waals surface area contributed by atoms with Crippen LogP contribution >= 0.6 is 0 Å². The van der Waals surface area contributed by atoms with Gasteiger partial charge in [0.15, 0.2) is 0 Å². The third kappa shape index (κ3) is 0.578. The molecule has 2 fully saturated rings. The Morgan fingerprint density at radius 2 is 2.56 bits per heavy atom. The molecule has 1 aliphatic carbocycles. The van der Waals surface area contributed by atoms with Crippen LogP contribution in [0.4, 0.5) is 0 Å². The Kier molecular flexibility index (Phi) is 1.08. The Balaban J connectivity index is 2.10. The van der Waals surface area contributed by atoms with Gasteiger partial charge in [-0.05, 0) is 37.3 Å². The first-order valence-corrected chi connectivity index (χ1v) is 3.78. The van der Waals surface area contributed by atoms with Gasteiger partial charge in [0.2, 0.25) is 0 Å². The fraction of sp³-hybridized carbons (Fsp3) is 1.00. The van der Waals surface area contributed by atoms with E-state index in [2.05, 4.69) is 5.32 Å². The Hall–Kier alpha value is -0.0800. The molecule has 9 heavy (non-hydrogen) atoms. The summed E-state index contributed by atoms with van der Waals surface area (Å²) in [4.78, 5) is 0. The summed E-state index contributed by atoms with van der Waals surface area (Å²) >= 11 is 0. The second-order valence-electron chi connectivity index (χ2n) is 3.43. The highest BCUT2D eigenvalue weighted by Gasteiger charge is 2.48. The van der Waals surface area contributed by atoms with Crippen LogP contribution in [0.5, 0.6) is 0 Å².